The number of carbonyl (C=O) groups is 1. The van der Waals surface area contributed by atoms with Crippen LogP contribution >= 0.6 is 11.8 Å². The van der Waals surface area contributed by atoms with Crippen molar-refractivity contribution in [2.75, 3.05) is 26.2 Å². The van der Waals surface area contributed by atoms with Crippen molar-refractivity contribution in [3.05, 3.63) is 53.2 Å². The summed E-state index contributed by atoms with van der Waals surface area (Å²) in [7, 11) is -3.70. The Hall–Kier alpha value is -2.11. The first-order valence-electron chi connectivity index (χ1n) is 9.77. The third kappa shape index (κ3) is 4.73. The quantitative estimate of drug-likeness (QED) is 0.640. The number of fused-ring (bicyclic) bond motifs is 1. The first-order valence-corrected chi connectivity index (χ1v) is 12.0. The van der Waals surface area contributed by atoms with Crippen LogP contribution in [0, 0.1) is 0 Å². The maximum Gasteiger partial charge on any atom is 0.447 e. The summed E-state index contributed by atoms with van der Waals surface area (Å²) < 4.78 is 65.7. The van der Waals surface area contributed by atoms with Crippen molar-refractivity contribution in [2.24, 2.45) is 0 Å². The number of piperazine rings is 1. The first-order chi connectivity index (χ1) is 14.6. The van der Waals surface area contributed by atoms with Gasteiger partial charge in [0.25, 0.3) is 5.91 Å². The highest BCUT2D eigenvalue weighted by atomic mass is 32.2. The molecule has 0 spiro atoms. The van der Waals surface area contributed by atoms with Crippen LogP contribution in [0.25, 0.3) is 0 Å². The van der Waals surface area contributed by atoms with Gasteiger partial charge in [-0.15, -0.1) is 0 Å². The summed E-state index contributed by atoms with van der Waals surface area (Å²) in [5.41, 5.74) is -2.47. The number of thioether (sulfide) groups is 1. The molecule has 1 fully saturated rings. The highest BCUT2D eigenvalue weighted by Gasteiger charge is 2.35. The monoisotopic (exact) mass is 471 g/mol. The maximum atomic E-state index is 13.0. The number of pyridine rings is 1. The number of amides is 1. The third-order valence-electron chi connectivity index (χ3n) is 5.45. The molecule has 2 aromatic rings. The molecule has 4 rings (SSSR count). The lowest BCUT2D eigenvalue weighted by Crippen LogP contribution is -2.50. The van der Waals surface area contributed by atoms with Gasteiger partial charge in [0.15, 0.2) is 0 Å². The van der Waals surface area contributed by atoms with Crippen molar-refractivity contribution in [3.63, 3.8) is 0 Å². The van der Waals surface area contributed by atoms with Gasteiger partial charge in [-0.1, -0.05) is 6.07 Å². The molecular weight excluding hydrogens is 451 g/mol. The molecule has 0 saturated carbocycles. The fraction of sp³-hybridized carbons (Fsp3) is 0.400. The summed E-state index contributed by atoms with van der Waals surface area (Å²) in [6.07, 6.45) is 4.04. The molecule has 1 aliphatic carbocycles. The van der Waals surface area contributed by atoms with Gasteiger partial charge in [-0.3, -0.25) is 4.79 Å². The van der Waals surface area contributed by atoms with Crippen LogP contribution in [-0.2, 0) is 22.9 Å². The van der Waals surface area contributed by atoms with Gasteiger partial charge < -0.3 is 4.90 Å². The van der Waals surface area contributed by atoms with E-state index in [4.69, 9.17) is 0 Å². The molecule has 2 heterocycles. The molecule has 2 aliphatic rings. The largest absolute Gasteiger partial charge is 0.447 e. The molecule has 1 amide bonds. The Morgan fingerprint density at radius 3 is 2.45 bits per heavy atom. The van der Waals surface area contributed by atoms with E-state index in [0.29, 0.717) is 0 Å². The second-order valence-corrected chi connectivity index (χ2v) is 10.4. The fourth-order valence-corrected chi connectivity index (χ4v) is 5.98. The van der Waals surface area contributed by atoms with Crippen LogP contribution in [0.4, 0.5) is 13.2 Å². The number of alkyl halides is 3. The molecule has 0 unspecified atom stereocenters. The highest BCUT2D eigenvalue weighted by Crippen LogP contribution is 2.37. The number of sulfonamides is 1. The van der Waals surface area contributed by atoms with Crippen molar-refractivity contribution in [3.8, 4) is 0 Å². The number of nitrogens with zero attached hydrogens (tertiary/aromatic N) is 3. The predicted molar refractivity (Wildman–Crippen MR) is 109 cm³/mol. The zero-order valence-electron chi connectivity index (χ0n) is 16.4. The van der Waals surface area contributed by atoms with Crippen LogP contribution in [0.5, 0.6) is 0 Å². The van der Waals surface area contributed by atoms with Crippen LogP contribution in [0.1, 0.15) is 27.9 Å². The lowest BCUT2D eigenvalue weighted by atomic mass is 10.1. The van der Waals surface area contributed by atoms with Crippen molar-refractivity contribution in [1.29, 1.82) is 0 Å². The van der Waals surface area contributed by atoms with Crippen molar-refractivity contribution >= 4 is 27.7 Å². The van der Waals surface area contributed by atoms with Crippen LogP contribution in [0.3, 0.4) is 0 Å². The molecule has 1 aromatic heterocycles. The SMILES string of the molecule is O=C(c1cccnc1SC(F)(F)F)N1CCN(S(=O)(=O)c2ccc3c(c2)CCC3)CC1. The van der Waals surface area contributed by atoms with E-state index in [1.165, 1.54) is 33.1 Å². The average molecular weight is 472 g/mol. The third-order valence-corrected chi connectivity index (χ3v) is 8.09. The lowest BCUT2D eigenvalue weighted by molar-refractivity contribution is -0.0329. The Kier molecular flexibility index (Phi) is 6.01. The topological polar surface area (TPSA) is 70.6 Å². The average Bonchev–Trinajstić information content (AvgIpc) is 3.20. The van der Waals surface area contributed by atoms with E-state index >= 15 is 0 Å². The second kappa shape index (κ2) is 8.44. The molecule has 0 atom stereocenters. The molecule has 0 radical (unpaired) electrons. The summed E-state index contributed by atoms with van der Waals surface area (Å²) in [5.74, 6) is -0.588. The van der Waals surface area contributed by atoms with Crippen molar-refractivity contribution in [2.45, 2.75) is 34.7 Å². The van der Waals surface area contributed by atoms with E-state index in [9.17, 15) is 26.4 Å². The molecule has 31 heavy (non-hydrogen) atoms. The van der Waals surface area contributed by atoms with E-state index in [1.54, 1.807) is 12.1 Å². The molecule has 11 heteroatoms. The molecule has 0 N–H and O–H groups in total. The molecule has 0 bridgehead atoms. The second-order valence-electron chi connectivity index (χ2n) is 7.38. The Bertz CT molecular complexity index is 1100. The summed E-state index contributed by atoms with van der Waals surface area (Å²) in [6.45, 7) is 0.336. The number of rotatable bonds is 4. The Morgan fingerprint density at radius 2 is 1.74 bits per heavy atom. The van der Waals surface area contributed by atoms with Crippen LogP contribution < -0.4 is 0 Å². The van der Waals surface area contributed by atoms with Crippen molar-refractivity contribution in [1.82, 2.24) is 14.2 Å². The van der Waals surface area contributed by atoms with E-state index in [-0.39, 0.29) is 36.6 Å². The molecule has 6 nitrogen and oxygen atoms in total. The minimum absolute atomic E-state index is 0.0766. The number of benzene rings is 1. The Labute approximate surface area is 182 Å². The molecule has 166 valence electrons. The van der Waals surface area contributed by atoms with Gasteiger partial charge in [0.05, 0.1) is 10.5 Å². The molecular formula is C20H20F3N3O3S2. The lowest BCUT2D eigenvalue weighted by Gasteiger charge is -2.34. The predicted octanol–water partition coefficient (Wildman–Crippen LogP) is 3.33. The zero-order chi connectivity index (χ0) is 22.2. The number of carbonyl (C=O) groups excluding carboxylic acids is 1. The van der Waals surface area contributed by atoms with Crippen LogP contribution in [0.15, 0.2) is 46.5 Å². The van der Waals surface area contributed by atoms with Gasteiger partial charge in [-0.25, -0.2) is 13.4 Å². The standard InChI is InChI=1S/C20H20F3N3O3S2/c21-20(22,23)30-18-17(5-2-8-24-18)19(27)25-9-11-26(12-10-25)31(28,29)16-7-6-14-3-1-4-15(14)13-16/h2,5-8,13H,1,3-4,9-12H2. The van der Waals surface area contributed by atoms with E-state index in [1.807, 2.05) is 6.07 Å². The normalized spacial score (nSPS) is 17.6. The van der Waals surface area contributed by atoms with Gasteiger partial charge in [0.1, 0.15) is 5.03 Å². The number of aromatic nitrogens is 1. The number of halogens is 3. The first kappa shape index (κ1) is 22.1. The van der Waals surface area contributed by atoms with Crippen molar-refractivity contribution < 1.29 is 26.4 Å². The smallest absolute Gasteiger partial charge is 0.336 e. The van der Waals surface area contributed by atoms with Crippen LogP contribution in [-0.4, -0.2) is 60.2 Å². The fourth-order valence-electron chi connectivity index (χ4n) is 3.90. The Balaban J connectivity index is 1.46. The van der Waals surface area contributed by atoms with Gasteiger partial charge in [-0.2, -0.15) is 17.5 Å². The molecule has 1 aromatic carbocycles. The minimum Gasteiger partial charge on any atom is -0.336 e. The van der Waals surface area contributed by atoms with E-state index in [2.05, 4.69) is 4.98 Å². The van der Waals surface area contributed by atoms with Gasteiger partial charge in [0, 0.05) is 44.1 Å². The van der Waals surface area contributed by atoms with Gasteiger partial charge in [0.2, 0.25) is 10.0 Å². The van der Waals surface area contributed by atoms with Crippen LogP contribution in [0.2, 0.25) is 0 Å². The summed E-state index contributed by atoms with van der Waals surface area (Å²) in [5, 5.41) is -0.409. The molecule has 1 saturated heterocycles. The van der Waals surface area contributed by atoms with E-state index in [0.717, 1.165) is 24.8 Å². The number of hydrogen-bond acceptors (Lipinski definition) is 5. The van der Waals surface area contributed by atoms with Gasteiger partial charge in [-0.05, 0) is 54.7 Å². The number of hydrogen-bond donors (Lipinski definition) is 0. The minimum atomic E-state index is -4.56. The summed E-state index contributed by atoms with van der Waals surface area (Å²) in [6, 6.07) is 7.91. The molecule has 1 aliphatic heterocycles. The number of aryl methyl sites for hydroxylation is 2. The maximum absolute atomic E-state index is 13.0. The van der Waals surface area contributed by atoms with E-state index < -0.39 is 38.2 Å². The Morgan fingerprint density at radius 1 is 1.03 bits per heavy atom. The zero-order valence-corrected chi connectivity index (χ0v) is 18.1. The summed E-state index contributed by atoms with van der Waals surface area (Å²) >= 11 is -0.433. The summed E-state index contributed by atoms with van der Waals surface area (Å²) in [4.78, 5) is 18.1. The highest BCUT2D eigenvalue weighted by molar-refractivity contribution is 8.00. The van der Waals surface area contributed by atoms with Gasteiger partial charge >= 0.3 is 5.51 Å².